The number of hydrogen-bond acceptors (Lipinski definition) is 12. The monoisotopic (exact) mass is 863 g/mol. The number of rotatable bonds is 38. The van der Waals surface area contributed by atoms with Crippen molar-refractivity contribution in [3.05, 3.63) is 24.3 Å². The van der Waals surface area contributed by atoms with Gasteiger partial charge < -0.3 is 39.9 Å². The van der Waals surface area contributed by atoms with E-state index in [2.05, 4.69) is 32.1 Å². The average Bonchev–Trinajstić information content (AvgIpc) is 3.21. The Morgan fingerprint density at radius 1 is 0.525 bits per heavy atom. The van der Waals surface area contributed by atoms with E-state index in [1.807, 2.05) is 6.08 Å². The maximum Gasteiger partial charge on any atom is 0.472 e. The van der Waals surface area contributed by atoms with E-state index in [0.29, 0.717) is 19.3 Å². The largest absolute Gasteiger partial charge is 0.472 e. The highest BCUT2D eigenvalue weighted by Gasteiger charge is 2.51. The molecule has 0 aromatic rings. The molecule has 0 spiro atoms. The van der Waals surface area contributed by atoms with Gasteiger partial charge in [0.2, 0.25) is 0 Å². The standard InChI is InChI=1S/C45H83O13P/c1-3-5-7-9-11-13-15-17-18-19-20-22-23-25-27-29-31-33-38(46)55-35-37(36-56-59(53,54)58-45-43(51)41(49)40(48)42(50)44(45)52)57-39(47)34-32-30-28-26-24-21-16-14-12-10-8-6-4-2/h20,22,25,27,37,40-45,48-52H,3-19,21,23-24,26,28-36H2,1-2H3,(H,53,54)/b22-20+,27-25+/t37-,40?,41-,42?,43?,44?,45?/m0/s1. The lowest BCUT2D eigenvalue weighted by molar-refractivity contribution is -0.220. The van der Waals surface area contributed by atoms with Gasteiger partial charge in [-0.2, -0.15) is 0 Å². The predicted octanol–water partition coefficient (Wildman–Crippen LogP) is 8.84. The molecule has 0 aromatic heterocycles. The summed E-state index contributed by atoms with van der Waals surface area (Å²) in [4.78, 5) is 35.6. The SMILES string of the molecule is CCCCCCCCCCC/C=C/C/C=C/CCCC(=O)OC[C@@H](COP(=O)(O)OC1C(O)C(O)C(O)[C@H](O)C1O)OC(=O)CCCCCCCCCCCCCCC. The Hall–Kier alpha value is -1.67. The smallest absolute Gasteiger partial charge is 0.462 e. The molecule has 1 fully saturated rings. The lowest BCUT2D eigenvalue weighted by atomic mass is 9.85. The second-order valence-electron chi connectivity index (χ2n) is 16.3. The van der Waals surface area contributed by atoms with Gasteiger partial charge in [0.1, 0.15) is 43.2 Å². The zero-order valence-corrected chi connectivity index (χ0v) is 37.4. The van der Waals surface area contributed by atoms with E-state index in [1.54, 1.807) is 0 Å². The average molecular weight is 863 g/mol. The van der Waals surface area contributed by atoms with Crippen molar-refractivity contribution in [1.82, 2.24) is 0 Å². The van der Waals surface area contributed by atoms with Gasteiger partial charge in [-0.25, -0.2) is 4.57 Å². The zero-order valence-electron chi connectivity index (χ0n) is 36.6. The summed E-state index contributed by atoms with van der Waals surface area (Å²) in [5.74, 6) is -1.15. The Bertz CT molecular complexity index is 1130. The molecule has 6 unspecified atom stereocenters. The van der Waals surface area contributed by atoms with Gasteiger partial charge in [0.05, 0.1) is 6.61 Å². The van der Waals surface area contributed by atoms with Gasteiger partial charge in [0.15, 0.2) is 6.10 Å². The van der Waals surface area contributed by atoms with Gasteiger partial charge in [0, 0.05) is 12.8 Å². The summed E-state index contributed by atoms with van der Waals surface area (Å²) in [7, 11) is -5.12. The summed E-state index contributed by atoms with van der Waals surface area (Å²) in [6, 6.07) is 0. The summed E-state index contributed by atoms with van der Waals surface area (Å²) in [6.45, 7) is 3.26. The molecule has 1 aliphatic rings. The number of phosphoric ester groups is 1. The van der Waals surface area contributed by atoms with E-state index in [9.17, 15) is 44.6 Å². The normalized spacial score (nSPS) is 22.5. The minimum atomic E-state index is -5.12. The topological polar surface area (TPSA) is 210 Å². The third kappa shape index (κ3) is 28.5. The van der Waals surface area contributed by atoms with Crippen LogP contribution in [0.25, 0.3) is 0 Å². The molecular weight excluding hydrogens is 779 g/mol. The third-order valence-corrected chi connectivity index (χ3v) is 11.8. The second kappa shape index (κ2) is 35.9. The van der Waals surface area contributed by atoms with E-state index in [-0.39, 0.29) is 12.8 Å². The summed E-state index contributed by atoms with van der Waals surface area (Å²) in [6.07, 6.45) is 25.3. The summed E-state index contributed by atoms with van der Waals surface area (Å²) < 4.78 is 33.5. The molecule has 59 heavy (non-hydrogen) atoms. The number of carbonyl (C=O) groups excluding carboxylic acids is 2. The molecule has 13 nitrogen and oxygen atoms in total. The molecule has 14 heteroatoms. The molecule has 0 bridgehead atoms. The molecule has 346 valence electrons. The van der Waals surface area contributed by atoms with Crippen LogP contribution in [0.15, 0.2) is 24.3 Å². The molecule has 0 aliphatic heterocycles. The van der Waals surface area contributed by atoms with E-state index < -0.39 is 75.7 Å². The van der Waals surface area contributed by atoms with Crippen molar-refractivity contribution in [2.24, 2.45) is 0 Å². The Labute approximate surface area is 356 Å². The first kappa shape index (κ1) is 55.3. The Kier molecular flexibility index (Phi) is 33.7. The Morgan fingerprint density at radius 3 is 1.42 bits per heavy atom. The van der Waals surface area contributed by atoms with E-state index in [4.69, 9.17) is 18.5 Å². The van der Waals surface area contributed by atoms with Crippen LogP contribution in [0, 0.1) is 0 Å². The quantitative estimate of drug-likeness (QED) is 0.0149. The number of aliphatic hydroxyl groups is 5. The second-order valence-corrected chi connectivity index (χ2v) is 17.7. The van der Waals surface area contributed by atoms with Crippen LogP contribution < -0.4 is 0 Å². The fourth-order valence-corrected chi connectivity index (χ4v) is 8.01. The minimum absolute atomic E-state index is 0.0921. The summed E-state index contributed by atoms with van der Waals surface area (Å²) in [5, 5.41) is 50.1. The maximum absolute atomic E-state index is 12.8. The van der Waals surface area contributed by atoms with Crippen molar-refractivity contribution in [3.63, 3.8) is 0 Å². The lowest BCUT2D eigenvalue weighted by Crippen LogP contribution is -2.64. The van der Waals surface area contributed by atoms with Gasteiger partial charge in [-0.05, 0) is 38.5 Å². The number of ether oxygens (including phenoxy) is 2. The number of carbonyl (C=O) groups is 2. The highest BCUT2D eigenvalue weighted by atomic mass is 31.2. The molecule has 0 heterocycles. The van der Waals surface area contributed by atoms with Crippen LogP contribution >= 0.6 is 7.82 Å². The number of phosphoric acid groups is 1. The molecule has 8 atom stereocenters. The Morgan fingerprint density at radius 2 is 0.932 bits per heavy atom. The first-order valence-corrected chi connectivity index (χ1v) is 24.6. The fraction of sp³-hybridized carbons (Fsp3) is 0.867. The first-order valence-electron chi connectivity index (χ1n) is 23.1. The number of unbranched alkanes of at least 4 members (excludes halogenated alkanes) is 22. The summed E-state index contributed by atoms with van der Waals surface area (Å²) >= 11 is 0. The summed E-state index contributed by atoms with van der Waals surface area (Å²) in [5.41, 5.74) is 0. The fourth-order valence-electron chi connectivity index (χ4n) is 7.03. The van der Waals surface area contributed by atoms with Gasteiger partial charge in [0.25, 0.3) is 0 Å². The van der Waals surface area contributed by atoms with Crippen molar-refractivity contribution in [2.45, 2.75) is 236 Å². The molecule has 0 amide bonds. The molecule has 1 rings (SSSR count). The number of aliphatic hydroxyl groups excluding tert-OH is 5. The van der Waals surface area contributed by atoms with Crippen LogP contribution in [0.4, 0.5) is 0 Å². The Balaban J connectivity index is 2.48. The van der Waals surface area contributed by atoms with Crippen molar-refractivity contribution >= 4 is 19.8 Å². The molecule has 6 N–H and O–H groups in total. The van der Waals surface area contributed by atoms with Crippen LogP contribution in [0.5, 0.6) is 0 Å². The van der Waals surface area contributed by atoms with Crippen LogP contribution in [0.2, 0.25) is 0 Å². The molecule has 1 aliphatic carbocycles. The van der Waals surface area contributed by atoms with Crippen LogP contribution in [-0.2, 0) is 32.7 Å². The van der Waals surface area contributed by atoms with Crippen molar-refractivity contribution in [1.29, 1.82) is 0 Å². The molecular formula is C45H83O13P. The highest BCUT2D eigenvalue weighted by Crippen LogP contribution is 2.47. The van der Waals surface area contributed by atoms with Crippen LogP contribution in [-0.4, -0.2) is 98.3 Å². The highest BCUT2D eigenvalue weighted by molar-refractivity contribution is 7.47. The third-order valence-electron chi connectivity index (χ3n) is 10.8. The van der Waals surface area contributed by atoms with E-state index in [0.717, 1.165) is 38.5 Å². The maximum atomic E-state index is 12.8. The van der Waals surface area contributed by atoms with E-state index in [1.165, 1.54) is 109 Å². The van der Waals surface area contributed by atoms with Gasteiger partial charge in [-0.1, -0.05) is 167 Å². The molecule has 0 aromatic carbocycles. The first-order chi connectivity index (χ1) is 28.4. The zero-order chi connectivity index (χ0) is 43.6. The molecule has 0 saturated heterocycles. The minimum Gasteiger partial charge on any atom is -0.462 e. The molecule has 0 radical (unpaired) electrons. The number of allylic oxidation sites excluding steroid dienone is 4. The van der Waals surface area contributed by atoms with E-state index >= 15 is 0 Å². The predicted molar refractivity (Wildman–Crippen MR) is 230 cm³/mol. The van der Waals surface area contributed by atoms with Crippen molar-refractivity contribution in [3.8, 4) is 0 Å². The van der Waals surface area contributed by atoms with Crippen LogP contribution in [0.3, 0.4) is 0 Å². The number of hydrogen-bond donors (Lipinski definition) is 6. The van der Waals surface area contributed by atoms with Gasteiger partial charge in [-0.15, -0.1) is 0 Å². The number of esters is 2. The van der Waals surface area contributed by atoms with Gasteiger partial charge in [-0.3, -0.25) is 18.6 Å². The van der Waals surface area contributed by atoms with Crippen molar-refractivity contribution in [2.75, 3.05) is 13.2 Å². The van der Waals surface area contributed by atoms with Crippen LogP contribution in [0.1, 0.15) is 194 Å². The molecule has 1 saturated carbocycles. The van der Waals surface area contributed by atoms with Gasteiger partial charge >= 0.3 is 19.8 Å². The van der Waals surface area contributed by atoms with Crippen molar-refractivity contribution < 1.29 is 63.1 Å². The lowest BCUT2D eigenvalue weighted by Gasteiger charge is -2.41.